The Bertz CT molecular complexity index is 566. The maximum atomic E-state index is 9.41. The summed E-state index contributed by atoms with van der Waals surface area (Å²) < 4.78 is 0. The van der Waals surface area contributed by atoms with Gasteiger partial charge in [-0.05, 0) is 47.9 Å². The number of halogens is 1. The van der Waals surface area contributed by atoms with Gasteiger partial charge in [0.15, 0.2) is 0 Å². The van der Waals surface area contributed by atoms with Crippen LogP contribution in [0.15, 0.2) is 42.5 Å². The number of phenols is 2. The Kier molecular flexibility index (Phi) is 3.58. The SMILES string of the molecule is C/C(=C\c1cc(O)cc(O)c1)c1ccc(Cl)cc1. The predicted molar refractivity (Wildman–Crippen MR) is 74.8 cm³/mol. The van der Waals surface area contributed by atoms with E-state index in [1.54, 1.807) is 12.1 Å². The van der Waals surface area contributed by atoms with Crippen LogP contribution in [0.3, 0.4) is 0 Å². The number of benzene rings is 2. The highest BCUT2D eigenvalue weighted by atomic mass is 35.5. The first-order valence-corrected chi connectivity index (χ1v) is 5.89. The molecule has 0 radical (unpaired) electrons. The van der Waals surface area contributed by atoms with Crippen LogP contribution in [0.1, 0.15) is 18.1 Å². The van der Waals surface area contributed by atoms with E-state index in [0.717, 1.165) is 16.7 Å². The van der Waals surface area contributed by atoms with Gasteiger partial charge in [0.25, 0.3) is 0 Å². The van der Waals surface area contributed by atoms with Crippen LogP contribution in [0.25, 0.3) is 11.6 Å². The van der Waals surface area contributed by atoms with Crippen molar-refractivity contribution in [2.45, 2.75) is 6.92 Å². The van der Waals surface area contributed by atoms with Crippen molar-refractivity contribution < 1.29 is 10.2 Å². The Balaban J connectivity index is 2.35. The molecule has 18 heavy (non-hydrogen) atoms. The van der Waals surface area contributed by atoms with Crippen LogP contribution in [0, 0.1) is 0 Å². The molecule has 0 bridgehead atoms. The van der Waals surface area contributed by atoms with E-state index in [1.165, 1.54) is 6.07 Å². The van der Waals surface area contributed by atoms with Gasteiger partial charge < -0.3 is 10.2 Å². The lowest BCUT2D eigenvalue weighted by Gasteiger charge is -2.03. The normalized spacial score (nSPS) is 11.6. The summed E-state index contributed by atoms with van der Waals surface area (Å²) in [6.45, 7) is 1.96. The first-order valence-electron chi connectivity index (χ1n) is 5.52. The van der Waals surface area contributed by atoms with Crippen LogP contribution >= 0.6 is 11.6 Å². The maximum Gasteiger partial charge on any atom is 0.119 e. The van der Waals surface area contributed by atoms with Crippen molar-refractivity contribution in [3.63, 3.8) is 0 Å². The molecule has 92 valence electrons. The predicted octanol–water partition coefficient (Wildman–Crippen LogP) is 4.31. The highest BCUT2D eigenvalue weighted by molar-refractivity contribution is 6.30. The number of aromatic hydroxyl groups is 2. The van der Waals surface area contributed by atoms with Crippen molar-refractivity contribution in [1.29, 1.82) is 0 Å². The van der Waals surface area contributed by atoms with E-state index < -0.39 is 0 Å². The molecule has 0 heterocycles. The van der Waals surface area contributed by atoms with Crippen LogP contribution < -0.4 is 0 Å². The van der Waals surface area contributed by atoms with Gasteiger partial charge in [-0.3, -0.25) is 0 Å². The van der Waals surface area contributed by atoms with Gasteiger partial charge in [-0.15, -0.1) is 0 Å². The molecule has 2 aromatic rings. The maximum absolute atomic E-state index is 9.41. The average molecular weight is 261 g/mol. The van der Waals surface area contributed by atoms with E-state index in [0.29, 0.717) is 5.02 Å². The van der Waals surface area contributed by atoms with Gasteiger partial charge in [0, 0.05) is 11.1 Å². The molecule has 0 amide bonds. The number of hydrogen-bond acceptors (Lipinski definition) is 2. The molecule has 0 saturated carbocycles. The zero-order valence-corrected chi connectivity index (χ0v) is 10.6. The van der Waals surface area contributed by atoms with Gasteiger partial charge in [0.2, 0.25) is 0 Å². The zero-order chi connectivity index (χ0) is 13.1. The molecule has 2 rings (SSSR count). The summed E-state index contributed by atoms with van der Waals surface area (Å²) in [6.07, 6.45) is 1.89. The Morgan fingerprint density at radius 2 is 1.56 bits per heavy atom. The fourth-order valence-electron chi connectivity index (χ4n) is 1.75. The Labute approximate surface area is 111 Å². The second kappa shape index (κ2) is 5.15. The summed E-state index contributed by atoms with van der Waals surface area (Å²) in [7, 11) is 0. The van der Waals surface area contributed by atoms with Crippen LogP contribution in [-0.4, -0.2) is 10.2 Å². The summed E-state index contributed by atoms with van der Waals surface area (Å²) >= 11 is 5.83. The van der Waals surface area contributed by atoms with E-state index in [1.807, 2.05) is 37.3 Å². The molecule has 0 fully saturated rings. The van der Waals surface area contributed by atoms with Gasteiger partial charge in [-0.1, -0.05) is 29.8 Å². The quantitative estimate of drug-likeness (QED) is 0.790. The van der Waals surface area contributed by atoms with E-state index >= 15 is 0 Å². The van der Waals surface area contributed by atoms with Crippen molar-refractivity contribution in [3.8, 4) is 11.5 Å². The van der Waals surface area contributed by atoms with Gasteiger partial charge in [0.1, 0.15) is 11.5 Å². The second-order valence-corrected chi connectivity index (χ2v) is 4.55. The van der Waals surface area contributed by atoms with Crippen LogP contribution in [0.4, 0.5) is 0 Å². The molecule has 3 heteroatoms. The molecule has 0 atom stereocenters. The minimum absolute atomic E-state index is 0.0464. The van der Waals surface area contributed by atoms with Crippen molar-refractivity contribution in [3.05, 3.63) is 58.6 Å². The topological polar surface area (TPSA) is 40.5 Å². The largest absolute Gasteiger partial charge is 0.508 e. The lowest BCUT2D eigenvalue weighted by molar-refractivity contribution is 0.450. The average Bonchev–Trinajstić information content (AvgIpc) is 2.28. The fraction of sp³-hybridized carbons (Fsp3) is 0.0667. The Morgan fingerprint density at radius 3 is 2.11 bits per heavy atom. The summed E-state index contributed by atoms with van der Waals surface area (Å²) in [5.74, 6) is 0.0929. The molecule has 2 aromatic carbocycles. The fourth-order valence-corrected chi connectivity index (χ4v) is 1.87. The Morgan fingerprint density at radius 1 is 1.00 bits per heavy atom. The molecule has 0 aliphatic carbocycles. The third kappa shape index (κ3) is 3.05. The van der Waals surface area contributed by atoms with Gasteiger partial charge >= 0.3 is 0 Å². The lowest BCUT2D eigenvalue weighted by atomic mass is 10.0. The van der Waals surface area contributed by atoms with Crippen molar-refractivity contribution >= 4 is 23.3 Å². The molecule has 2 N–H and O–H groups in total. The van der Waals surface area contributed by atoms with Gasteiger partial charge in [0.05, 0.1) is 0 Å². The van der Waals surface area contributed by atoms with Gasteiger partial charge in [-0.25, -0.2) is 0 Å². The minimum atomic E-state index is 0.0464. The standard InChI is InChI=1S/C15H13ClO2/c1-10(12-2-4-13(16)5-3-12)6-11-7-14(17)9-15(18)8-11/h2-9,17-18H,1H3/b10-6+. The molecule has 0 aliphatic rings. The monoisotopic (exact) mass is 260 g/mol. The van der Waals surface area contributed by atoms with E-state index in [2.05, 4.69) is 0 Å². The van der Waals surface area contributed by atoms with Crippen molar-refractivity contribution in [1.82, 2.24) is 0 Å². The molecule has 0 saturated heterocycles. The number of phenolic OH excluding ortho intramolecular Hbond substituents is 2. The molecular weight excluding hydrogens is 248 g/mol. The number of hydrogen-bond donors (Lipinski definition) is 2. The third-order valence-corrected chi connectivity index (χ3v) is 2.86. The highest BCUT2D eigenvalue weighted by Crippen LogP contribution is 2.25. The highest BCUT2D eigenvalue weighted by Gasteiger charge is 1.99. The molecule has 0 unspecified atom stereocenters. The summed E-state index contributed by atoms with van der Waals surface area (Å²) in [4.78, 5) is 0. The smallest absolute Gasteiger partial charge is 0.119 e. The van der Waals surface area contributed by atoms with E-state index in [-0.39, 0.29) is 11.5 Å². The van der Waals surface area contributed by atoms with Crippen LogP contribution in [0.2, 0.25) is 5.02 Å². The second-order valence-electron chi connectivity index (χ2n) is 4.12. The first-order chi connectivity index (χ1) is 8.54. The molecule has 0 aromatic heterocycles. The van der Waals surface area contributed by atoms with E-state index in [9.17, 15) is 10.2 Å². The molecule has 0 aliphatic heterocycles. The molecule has 2 nitrogen and oxygen atoms in total. The van der Waals surface area contributed by atoms with E-state index in [4.69, 9.17) is 11.6 Å². The van der Waals surface area contributed by atoms with Crippen molar-refractivity contribution in [2.24, 2.45) is 0 Å². The minimum Gasteiger partial charge on any atom is -0.508 e. The van der Waals surface area contributed by atoms with Crippen LogP contribution in [-0.2, 0) is 0 Å². The lowest BCUT2D eigenvalue weighted by Crippen LogP contribution is -1.80. The summed E-state index contributed by atoms with van der Waals surface area (Å²) in [6, 6.07) is 12.0. The molecular formula is C15H13ClO2. The summed E-state index contributed by atoms with van der Waals surface area (Å²) in [5.41, 5.74) is 2.82. The number of rotatable bonds is 2. The number of allylic oxidation sites excluding steroid dienone is 1. The summed E-state index contributed by atoms with van der Waals surface area (Å²) in [5, 5.41) is 19.5. The molecule has 0 spiro atoms. The van der Waals surface area contributed by atoms with Crippen LogP contribution in [0.5, 0.6) is 11.5 Å². The Hall–Kier alpha value is -1.93. The van der Waals surface area contributed by atoms with Gasteiger partial charge in [-0.2, -0.15) is 0 Å². The third-order valence-electron chi connectivity index (χ3n) is 2.61. The zero-order valence-electron chi connectivity index (χ0n) is 9.89. The van der Waals surface area contributed by atoms with Crippen molar-refractivity contribution in [2.75, 3.05) is 0 Å². The first kappa shape index (κ1) is 12.5.